The van der Waals surface area contributed by atoms with Gasteiger partial charge in [0.15, 0.2) is 0 Å². The topological polar surface area (TPSA) is 53.5 Å². The molecule has 2 heterocycles. The van der Waals surface area contributed by atoms with Crippen LogP contribution in [0.5, 0.6) is 0 Å². The molecular formula is C17H19N3O2S. The first-order valence-corrected chi connectivity index (χ1v) is 8.48. The molecule has 0 radical (unpaired) electrons. The van der Waals surface area contributed by atoms with E-state index < -0.39 is 0 Å². The molecule has 3 rings (SSSR count). The van der Waals surface area contributed by atoms with E-state index >= 15 is 0 Å². The fraction of sp³-hybridized carbons (Fsp3) is 0.353. The smallest absolute Gasteiger partial charge is 0.253 e. The minimum atomic E-state index is -0.0193. The number of carbonyl (C=O) groups excluding carboxylic acids is 2. The van der Waals surface area contributed by atoms with Crippen molar-refractivity contribution < 1.29 is 9.59 Å². The van der Waals surface area contributed by atoms with Crippen LogP contribution in [0.3, 0.4) is 0 Å². The molecule has 0 spiro atoms. The highest BCUT2D eigenvalue weighted by molar-refractivity contribution is 7.09. The van der Waals surface area contributed by atoms with Crippen molar-refractivity contribution in [2.75, 3.05) is 26.7 Å². The lowest BCUT2D eigenvalue weighted by atomic mass is 10.1. The summed E-state index contributed by atoms with van der Waals surface area (Å²) in [5, 5.41) is 3.04. The Bertz CT molecular complexity index is 724. The first-order valence-electron chi connectivity index (χ1n) is 7.60. The van der Waals surface area contributed by atoms with E-state index in [0.29, 0.717) is 31.6 Å². The van der Waals surface area contributed by atoms with Crippen molar-refractivity contribution in [3.05, 3.63) is 40.2 Å². The number of thiazole rings is 1. The van der Waals surface area contributed by atoms with Crippen LogP contribution < -0.4 is 0 Å². The third-order valence-electron chi connectivity index (χ3n) is 4.06. The molecule has 5 nitrogen and oxygen atoms in total. The van der Waals surface area contributed by atoms with E-state index in [0.717, 1.165) is 16.3 Å². The SMILES string of the molecule is Cc1nc(-c2ccc(C(=O)N3CCC(=O)N(C)CC3)cc2)cs1. The fourth-order valence-corrected chi connectivity index (χ4v) is 3.22. The number of aromatic nitrogens is 1. The number of hydrogen-bond donors (Lipinski definition) is 0. The standard InChI is InChI=1S/C17H19N3O2S/c1-12-18-15(11-23-12)13-3-5-14(6-4-13)17(22)20-8-7-16(21)19(2)9-10-20/h3-6,11H,7-10H2,1-2H3. The van der Waals surface area contributed by atoms with E-state index in [-0.39, 0.29) is 11.8 Å². The van der Waals surface area contributed by atoms with Crippen LogP contribution in [-0.2, 0) is 4.79 Å². The van der Waals surface area contributed by atoms with Gasteiger partial charge in [-0.05, 0) is 19.1 Å². The summed E-state index contributed by atoms with van der Waals surface area (Å²) in [6.45, 7) is 3.62. The second-order valence-electron chi connectivity index (χ2n) is 5.69. The molecule has 1 aromatic heterocycles. The molecule has 0 unspecified atom stereocenters. The number of amides is 2. The Balaban J connectivity index is 1.74. The van der Waals surface area contributed by atoms with Gasteiger partial charge in [0.2, 0.25) is 5.91 Å². The molecule has 1 saturated heterocycles. The van der Waals surface area contributed by atoms with Gasteiger partial charge in [-0.15, -0.1) is 11.3 Å². The summed E-state index contributed by atoms with van der Waals surface area (Å²) in [5.41, 5.74) is 2.60. The molecule has 1 aliphatic heterocycles. The quantitative estimate of drug-likeness (QED) is 0.850. The number of nitrogens with zero attached hydrogens (tertiary/aromatic N) is 3. The number of carbonyl (C=O) groups is 2. The number of rotatable bonds is 2. The van der Waals surface area contributed by atoms with Crippen molar-refractivity contribution in [1.29, 1.82) is 0 Å². The minimum absolute atomic E-state index is 0.0193. The van der Waals surface area contributed by atoms with Crippen molar-refractivity contribution in [2.45, 2.75) is 13.3 Å². The van der Waals surface area contributed by atoms with E-state index in [1.54, 1.807) is 28.2 Å². The second-order valence-corrected chi connectivity index (χ2v) is 6.75. The Morgan fingerprint density at radius 1 is 1.17 bits per heavy atom. The van der Waals surface area contributed by atoms with Crippen LogP contribution in [0.1, 0.15) is 21.8 Å². The molecule has 0 N–H and O–H groups in total. The number of hydrogen-bond acceptors (Lipinski definition) is 4. The third kappa shape index (κ3) is 3.42. The Labute approximate surface area is 139 Å². The van der Waals surface area contributed by atoms with E-state index in [4.69, 9.17) is 0 Å². The summed E-state index contributed by atoms with van der Waals surface area (Å²) in [6.07, 6.45) is 0.387. The normalized spacial score (nSPS) is 15.7. The van der Waals surface area contributed by atoms with Gasteiger partial charge in [-0.1, -0.05) is 12.1 Å². The van der Waals surface area contributed by atoms with Crippen LogP contribution in [0, 0.1) is 6.92 Å². The first-order chi connectivity index (χ1) is 11.0. The van der Waals surface area contributed by atoms with E-state index in [1.165, 1.54) is 0 Å². The predicted molar refractivity (Wildman–Crippen MR) is 90.4 cm³/mol. The molecule has 23 heavy (non-hydrogen) atoms. The summed E-state index contributed by atoms with van der Waals surface area (Å²) >= 11 is 1.61. The van der Waals surface area contributed by atoms with E-state index in [9.17, 15) is 9.59 Å². The zero-order valence-corrected chi connectivity index (χ0v) is 14.1. The van der Waals surface area contributed by atoms with Crippen LogP contribution in [0.25, 0.3) is 11.3 Å². The van der Waals surface area contributed by atoms with Gasteiger partial charge < -0.3 is 9.80 Å². The molecule has 120 valence electrons. The van der Waals surface area contributed by atoms with Crippen LogP contribution in [0.4, 0.5) is 0 Å². The van der Waals surface area contributed by atoms with Crippen molar-refractivity contribution in [1.82, 2.24) is 14.8 Å². The van der Waals surface area contributed by atoms with Gasteiger partial charge in [-0.3, -0.25) is 9.59 Å². The van der Waals surface area contributed by atoms with Crippen molar-refractivity contribution in [2.24, 2.45) is 0 Å². The Kier molecular flexibility index (Phi) is 4.43. The molecule has 0 bridgehead atoms. The summed E-state index contributed by atoms with van der Waals surface area (Å²) in [5.74, 6) is 0.0728. The van der Waals surface area contributed by atoms with Gasteiger partial charge in [0.25, 0.3) is 5.91 Å². The Morgan fingerprint density at radius 3 is 2.57 bits per heavy atom. The maximum absolute atomic E-state index is 12.6. The fourth-order valence-electron chi connectivity index (χ4n) is 2.59. The molecule has 2 aromatic rings. The average molecular weight is 329 g/mol. The third-order valence-corrected chi connectivity index (χ3v) is 4.83. The number of benzene rings is 1. The van der Waals surface area contributed by atoms with E-state index in [2.05, 4.69) is 4.98 Å². The maximum atomic E-state index is 12.6. The molecule has 6 heteroatoms. The predicted octanol–water partition coefficient (Wildman–Crippen LogP) is 2.42. The second kappa shape index (κ2) is 6.50. The molecular weight excluding hydrogens is 310 g/mol. The minimum Gasteiger partial charge on any atom is -0.344 e. The highest BCUT2D eigenvalue weighted by Gasteiger charge is 2.22. The molecule has 1 aliphatic rings. The van der Waals surface area contributed by atoms with Crippen LogP contribution in [0.2, 0.25) is 0 Å². The van der Waals surface area contributed by atoms with Crippen LogP contribution >= 0.6 is 11.3 Å². The highest BCUT2D eigenvalue weighted by atomic mass is 32.1. The van der Waals surface area contributed by atoms with E-state index in [1.807, 2.05) is 36.6 Å². The lowest BCUT2D eigenvalue weighted by molar-refractivity contribution is -0.129. The molecule has 0 atom stereocenters. The van der Waals surface area contributed by atoms with Gasteiger partial charge in [0.05, 0.1) is 10.7 Å². The van der Waals surface area contributed by atoms with Crippen molar-refractivity contribution in [3.8, 4) is 11.3 Å². The van der Waals surface area contributed by atoms with Crippen LogP contribution in [0.15, 0.2) is 29.6 Å². The number of aryl methyl sites for hydroxylation is 1. The Morgan fingerprint density at radius 2 is 1.91 bits per heavy atom. The van der Waals surface area contributed by atoms with Crippen molar-refractivity contribution in [3.63, 3.8) is 0 Å². The van der Waals surface area contributed by atoms with Gasteiger partial charge >= 0.3 is 0 Å². The summed E-state index contributed by atoms with van der Waals surface area (Å²) in [4.78, 5) is 32.2. The van der Waals surface area contributed by atoms with Crippen LogP contribution in [-0.4, -0.2) is 53.3 Å². The molecule has 0 saturated carbocycles. The highest BCUT2D eigenvalue weighted by Crippen LogP contribution is 2.22. The average Bonchev–Trinajstić information content (AvgIpc) is 2.93. The monoisotopic (exact) mass is 329 g/mol. The molecule has 1 fully saturated rings. The lowest BCUT2D eigenvalue weighted by Gasteiger charge is -2.20. The summed E-state index contributed by atoms with van der Waals surface area (Å²) in [7, 11) is 1.78. The molecule has 2 amide bonds. The number of likely N-dealkylation sites (N-methyl/N-ethyl adjacent to an activating group) is 1. The summed E-state index contributed by atoms with van der Waals surface area (Å²) < 4.78 is 0. The zero-order valence-electron chi connectivity index (χ0n) is 13.3. The lowest BCUT2D eigenvalue weighted by Crippen LogP contribution is -2.34. The van der Waals surface area contributed by atoms with Crippen molar-refractivity contribution >= 4 is 23.2 Å². The largest absolute Gasteiger partial charge is 0.344 e. The van der Waals surface area contributed by atoms with Gasteiger partial charge in [0, 0.05) is 49.6 Å². The molecule has 0 aliphatic carbocycles. The Hall–Kier alpha value is -2.21. The van der Waals surface area contributed by atoms with Gasteiger partial charge in [0.1, 0.15) is 0 Å². The summed E-state index contributed by atoms with van der Waals surface area (Å²) in [6, 6.07) is 7.53. The van der Waals surface area contributed by atoms with Gasteiger partial charge in [-0.2, -0.15) is 0 Å². The van der Waals surface area contributed by atoms with Gasteiger partial charge in [-0.25, -0.2) is 4.98 Å². The maximum Gasteiger partial charge on any atom is 0.253 e. The zero-order chi connectivity index (χ0) is 16.4. The molecule has 1 aromatic carbocycles. The first kappa shape index (κ1) is 15.7.